The molecule has 8 heteroatoms. The van der Waals surface area contributed by atoms with Crippen molar-refractivity contribution in [3.8, 4) is 16.9 Å². The van der Waals surface area contributed by atoms with Crippen molar-refractivity contribution in [1.82, 2.24) is 9.88 Å². The van der Waals surface area contributed by atoms with Gasteiger partial charge in [0.15, 0.2) is 0 Å². The summed E-state index contributed by atoms with van der Waals surface area (Å²) < 4.78 is 7.37. The number of pyridine rings is 1. The van der Waals surface area contributed by atoms with Crippen molar-refractivity contribution >= 4 is 45.0 Å². The Labute approximate surface area is 195 Å². The number of hydrogen-bond donors (Lipinski definition) is 1. The van der Waals surface area contributed by atoms with E-state index in [0.29, 0.717) is 17.9 Å². The van der Waals surface area contributed by atoms with Gasteiger partial charge in [0, 0.05) is 58.4 Å². The maximum absolute atomic E-state index is 12.0. The van der Waals surface area contributed by atoms with Crippen LogP contribution < -0.4 is 10.5 Å². The van der Waals surface area contributed by atoms with Gasteiger partial charge in [-0.15, -0.1) is 11.3 Å². The Morgan fingerprint density at radius 2 is 1.94 bits per heavy atom. The van der Waals surface area contributed by atoms with Crippen molar-refractivity contribution in [3.63, 3.8) is 0 Å². The Kier molecular flexibility index (Phi) is 5.23. The van der Waals surface area contributed by atoms with E-state index >= 15 is 0 Å². The minimum Gasteiger partial charge on any atom is -0.489 e. The summed E-state index contributed by atoms with van der Waals surface area (Å²) in [5, 5.41) is 0.636. The third-order valence-electron chi connectivity index (χ3n) is 6.13. The van der Waals surface area contributed by atoms with Crippen LogP contribution in [0.4, 0.5) is 0 Å². The highest BCUT2D eigenvalue weighted by molar-refractivity contribution is 7.19. The molecule has 6 nitrogen and oxygen atoms in total. The largest absolute Gasteiger partial charge is 0.489 e. The van der Waals surface area contributed by atoms with Crippen LogP contribution in [0.25, 0.3) is 21.3 Å². The minimum absolute atomic E-state index is 0.0760. The number of rotatable bonds is 5. The molecule has 5 rings (SSSR count). The van der Waals surface area contributed by atoms with E-state index in [1.54, 1.807) is 17.5 Å². The zero-order chi connectivity index (χ0) is 22.6. The van der Waals surface area contributed by atoms with Crippen molar-refractivity contribution in [2.75, 3.05) is 0 Å². The average Bonchev–Trinajstić information content (AvgIpc) is 3.26. The number of imide groups is 1. The summed E-state index contributed by atoms with van der Waals surface area (Å²) in [6.45, 7) is 4.32. The Bertz CT molecular complexity index is 1230. The van der Waals surface area contributed by atoms with Crippen LogP contribution in [0.5, 0.6) is 5.75 Å². The van der Waals surface area contributed by atoms with Gasteiger partial charge >= 0.3 is 0 Å². The predicted molar refractivity (Wildman–Crippen MR) is 126 cm³/mol. The third-order valence-corrected chi connectivity index (χ3v) is 7.49. The standard InChI is InChI=1S/C24H24ClN3O3S/c1-13-7-14(25)8-18(22(13)31-15-10-24(2,26)11-15)17-5-6-27-19-9-16(32-23(17)19)12-28-20(29)3-4-21(28)30/h5-9,15H,3-4,10-12,26H2,1-2H3. The highest BCUT2D eigenvalue weighted by atomic mass is 35.5. The number of nitrogens with two attached hydrogens (primary N) is 1. The van der Waals surface area contributed by atoms with Gasteiger partial charge in [-0.05, 0) is 43.7 Å². The van der Waals surface area contributed by atoms with Gasteiger partial charge in [0.1, 0.15) is 11.9 Å². The van der Waals surface area contributed by atoms with Gasteiger partial charge in [-0.3, -0.25) is 19.5 Å². The van der Waals surface area contributed by atoms with Gasteiger partial charge in [0.25, 0.3) is 0 Å². The topological polar surface area (TPSA) is 85.5 Å². The van der Waals surface area contributed by atoms with E-state index in [1.165, 1.54) is 4.90 Å². The first-order chi connectivity index (χ1) is 15.2. The maximum Gasteiger partial charge on any atom is 0.230 e. The SMILES string of the molecule is Cc1cc(Cl)cc(-c2ccnc3cc(CN4C(=O)CCC4=O)sc23)c1OC1CC(C)(N)C1. The molecule has 0 bridgehead atoms. The lowest BCUT2D eigenvalue weighted by Gasteiger charge is -2.42. The lowest BCUT2D eigenvalue weighted by atomic mass is 9.77. The second-order valence-corrected chi connectivity index (χ2v) is 10.6. The van der Waals surface area contributed by atoms with Crippen LogP contribution in [0, 0.1) is 6.92 Å². The number of benzene rings is 1. The Balaban J connectivity index is 1.54. The first-order valence-electron chi connectivity index (χ1n) is 10.7. The van der Waals surface area contributed by atoms with Crippen LogP contribution in [-0.2, 0) is 16.1 Å². The first kappa shape index (κ1) is 21.4. The van der Waals surface area contributed by atoms with E-state index < -0.39 is 0 Å². The first-order valence-corrected chi connectivity index (χ1v) is 11.9. The number of halogens is 1. The molecule has 2 aromatic heterocycles. The number of nitrogens with zero attached hydrogens (tertiary/aromatic N) is 2. The number of ether oxygens (including phenoxy) is 1. The van der Waals surface area contributed by atoms with E-state index in [4.69, 9.17) is 22.1 Å². The fourth-order valence-electron chi connectivity index (χ4n) is 4.55. The smallest absolute Gasteiger partial charge is 0.230 e. The lowest BCUT2D eigenvalue weighted by molar-refractivity contribution is -0.138. The molecule has 3 heterocycles. The molecule has 0 radical (unpaired) electrons. The van der Waals surface area contributed by atoms with E-state index in [2.05, 4.69) is 4.98 Å². The molecule has 1 saturated carbocycles. The molecule has 32 heavy (non-hydrogen) atoms. The highest BCUT2D eigenvalue weighted by Crippen LogP contribution is 2.44. The molecule has 166 valence electrons. The van der Waals surface area contributed by atoms with Crippen LogP contribution in [0.3, 0.4) is 0 Å². The van der Waals surface area contributed by atoms with Crippen LogP contribution in [0.2, 0.25) is 5.02 Å². The number of hydrogen-bond acceptors (Lipinski definition) is 6. The summed E-state index contributed by atoms with van der Waals surface area (Å²) in [5.74, 6) is 0.575. The number of aromatic nitrogens is 1. The fraction of sp³-hybridized carbons (Fsp3) is 0.375. The van der Waals surface area contributed by atoms with Crippen molar-refractivity contribution in [1.29, 1.82) is 0 Å². The summed E-state index contributed by atoms with van der Waals surface area (Å²) in [5.41, 5.74) is 9.68. The Hall–Kier alpha value is -2.48. The van der Waals surface area contributed by atoms with Crippen LogP contribution in [0.15, 0.2) is 30.5 Å². The molecule has 3 aromatic rings. The van der Waals surface area contributed by atoms with Crippen molar-refractivity contribution in [3.05, 3.63) is 45.9 Å². The number of thiophene rings is 1. The fourth-order valence-corrected chi connectivity index (χ4v) is 5.95. The quantitative estimate of drug-likeness (QED) is 0.541. The molecule has 0 atom stereocenters. The summed E-state index contributed by atoms with van der Waals surface area (Å²) in [6.07, 6.45) is 4.04. The molecule has 1 aromatic carbocycles. The highest BCUT2D eigenvalue weighted by Gasteiger charge is 2.39. The second-order valence-electron chi connectivity index (χ2n) is 9.06. The normalized spacial score (nSPS) is 23.1. The number of aryl methyl sites for hydroxylation is 1. The summed E-state index contributed by atoms with van der Waals surface area (Å²) in [7, 11) is 0. The van der Waals surface area contributed by atoms with Crippen LogP contribution in [-0.4, -0.2) is 33.3 Å². The number of carbonyl (C=O) groups is 2. The third kappa shape index (κ3) is 3.89. The molecule has 2 fully saturated rings. The molecule has 1 aliphatic heterocycles. The van der Waals surface area contributed by atoms with Crippen molar-refractivity contribution in [2.45, 2.75) is 57.7 Å². The Morgan fingerprint density at radius 1 is 1.22 bits per heavy atom. The molecular weight excluding hydrogens is 446 g/mol. The van der Waals surface area contributed by atoms with Crippen LogP contribution >= 0.6 is 22.9 Å². The van der Waals surface area contributed by atoms with Gasteiger partial charge in [-0.1, -0.05) is 11.6 Å². The Morgan fingerprint density at radius 3 is 2.62 bits per heavy atom. The van der Waals surface area contributed by atoms with E-state index in [9.17, 15) is 9.59 Å². The van der Waals surface area contributed by atoms with Gasteiger partial charge in [-0.25, -0.2) is 0 Å². The summed E-state index contributed by atoms with van der Waals surface area (Å²) >= 11 is 7.98. The molecule has 2 amide bonds. The molecule has 0 unspecified atom stereocenters. The van der Waals surface area contributed by atoms with Crippen molar-refractivity contribution < 1.29 is 14.3 Å². The monoisotopic (exact) mass is 469 g/mol. The van der Waals surface area contributed by atoms with E-state index in [1.807, 2.05) is 38.1 Å². The van der Waals surface area contributed by atoms with Gasteiger partial charge in [-0.2, -0.15) is 0 Å². The van der Waals surface area contributed by atoms with Gasteiger partial charge in [0.2, 0.25) is 11.8 Å². The zero-order valence-corrected chi connectivity index (χ0v) is 19.6. The van der Waals surface area contributed by atoms with E-state index in [0.717, 1.165) is 50.4 Å². The molecule has 1 saturated heterocycles. The molecule has 2 aliphatic rings. The van der Waals surface area contributed by atoms with Gasteiger partial charge < -0.3 is 10.5 Å². The number of carbonyl (C=O) groups excluding carboxylic acids is 2. The number of amides is 2. The average molecular weight is 470 g/mol. The molecule has 1 aliphatic carbocycles. The second kappa shape index (κ2) is 7.83. The van der Waals surface area contributed by atoms with E-state index in [-0.39, 0.29) is 30.0 Å². The lowest BCUT2D eigenvalue weighted by Crippen LogP contribution is -2.54. The summed E-state index contributed by atoms with van der Waals surface area (Å²) in [4.78, 5) is 30.9. The van der Waals surface area contributed by atoms with Crippen molar-refractivity contribution in [2.24, 2.45) is 5.73 Å². The zero-order valence-electron chi connectivity index (χ0n) is 18.0. The maximum atomic E-state index is 12.0. The minimum atomic E-state index is -0.178. The number of fused-ring (bicyclic) bond motifs is 1. The number of likely N-dealkylation sites (tertiary alicyclic amines) is 1. The van der Waals surface area contributed by atoms with Crippen LogP contribution in [0.1, 0.15) is 43.0 Å². The summed E-state index contributed by atoms with van der Waals surface area (Å²) in [6, 6.07) is 7.74. The predicted octanol–water partition coefficient (Wildman–Crippen LogP) is 4.83. The molecule has 2 N–H and O–H groups in total. The van der Waals surface area contributed by atoms with Gasteiger partial charge in [0.05, 0.1) is 16.8 Å². The molecule has 0 spiro atoms. The molecular formula is C24H24ClN3O3S.